The minimum atomic E-state index is -3.17. The van der Waals surface area contributed by atoms with Crippen molar-refractivity contribution in [3.8, 4) is 0 Å². The lowest BCUT2D eigenvalue weighted by atomic mass is 9.85. The van der Waals surface area contributed by atoms with Crippen LogP contribution in [0.5, 0.6) is 0 Å². The third kappa shape index (κ3) is 5.05. The van der Waals surface area contributed by atoms with Crippen molar-refractivity contribution in [2.75, 3.05) is 25.9 Å². The Morgan fingerprint density at radius 3 is 2.60 bits per heavy atom. The monoisotopic (exact) mass is 304 g/mol. The van der Waals surface area contributed by atoms with Crippen molar-refractivity contribution in [1.82, 2.24) is 10.6 Å². The van der Waals surface area contributed by atoms with E-state index in [-0.39, 0.29) is 12.5 Å². The van der Waals surface area contributed by atoms with E-state index in [2.05, 4.69) is 17.6 Å². The van der Waals surface area contributed by atoms with Crippen LogP contribution in [0.3, 0.4) is 0 Å². The molecular formula is C14H28N2O3S. The van der Waals surface area contributed by atoms with Crippen LogP contribution in [0.2, 0.25) is 0 Å². The Balaban J connectivity index is 2.40. The zero-order valence-electron chi connectivity index (χ0n) is 13.0. The fraction of sp³-hybridized carbons (Fsp3) is 0.929. The van der Waals surface area contributed by atoms with Gasteiger partial charge in [-0.2, -0.15) is 0 Å². The van der Waals surface area contributed by atoms with Gasteiger partial charge in [-0.25, -0.2) is 8.42 Å². The Morgan fingerprint density at radius 1 is 1.45 bits per heavy atom. The van der Waals surface area contributed by atoms with Gasteiger partial charge in [0.15, 0.2) is 9.84 Å². The number of carbonyl (C=O) groups excluding carboxylic acids is 1. The highest BCUT2D eigenvalue weighted by Crippen LogP contribution is 2.22. The van der Waals surface area contributed by atoms with E-state index in [4.69, 9.17) is 0 Å². The number of hydrogen-bond donors (Lipinski definition) is 2. The second-order valence-corrected chi connectivity index (χ2v) is 9.25. The molecule has 1 aliphatic rings. The van der Waals surface area contributed by atoms with E-state index in [9.17, 15) is 13.2 Å². The van der Waals surface area contributed by atoms with Crippen LogP contribution in [0.15, 0.2) is 0 Å². The topological polar surface area (TPSA) is 75.3 Å². The predicted molar refractivity (Wildman–Crippen MR) is 81.3 cm³/mol. The van der Waals surface area contributed by atoms with Crippen molar-refractivity contribution in [3.63, 3.8) is 0 Å². The Kier molecular flexibility index (Phi) is 6.01. The van der Waals surface area contributed by atoms with Crippen molar-refractivity contribution in [3.05, 3.63) is 0 Å². The summed E-state index contributed by atoms with van der Waals surface area (Å²) in [5.41, 5.74) is 0. The van der Waals surface area contributed by atoms with Crippen LogP contribution in [-0.2, 0) is 14.6 Å². The summed E-state index contributed by atoms with van der Waals surface area (Å²) in [6, 6.07) is 0. The zero-order valence-corrected chi connectivity index (χ0v) is 13.8. The molecule has 0 aromatic heterocycles. The minimum Gasteiger partial charge on any atom is -0.355 e. The van der Waals surface area contributed by atoms with Crippen LogP contribution in [0.1, 0.15) is 40.0 Å². The van der Waals surface area contributed by atoms with Gasteiger partial charge in [0.1, 0.15) is 0 Å². The third-order valence-electron chi connectivity index (χ3n) is 4.36. The first-order valence-electron chi connectivity index (χ1n) is 7.30. The molecule has 2 atom stereocenters. The number of amides is 1. The lowest BCUT2D eigenvalue weighted by molar-refractivity contribution is -0.122. The molecular weight excluding hydrogens is 276 g/mol. The van der Waals surface area contributed by atoms with Crippen molar-refractivity contribution >= 4 is 15.7 Å². The van der Waals surface area contributed by atoms with E-state index in [1.165, 1.54) is 6.26 Å². The normalized spacial score (nSPS) is 22.3. The Hall–Kier alpha value is -0.620. The molecule has 118 valence electrons. The van der Waals surface area contributed by atoms with Crippen molar-refractivity contribution in [2.45, 2.75) is 44.8 Å². The van der Waals surface area contributed by atoms with Gasteiger partial charge in [-0.15, -0.1) is 0 Å². The maximum atomic E-state index is 11.9. The number of rotatable bonds is 6. The lowest BCUT2D eigenvalue weighted by Crippen LogP contribution is -2.44. The molecule has 1 fully saturated rings. The summed E-state index contributed by atoms with van der Waals surface area (Å²) in [7, 11) is -3.17. The second-order valence-electron chi connectivity index (χ2n) is 6.60. The summed E-state index contributed by atoms with van der Waals surface area (Å²) in [5, 5.41) is 6.12. The van der Waals surface area contributed by atoms with Crippen molar-refractivity contribution in [1.29, 1.82) is 0 Å². The van der Waals surface area contributed by atoms with Gasteiger partial charge in [-0.3, -0.25) is 4.79 Å². The quantitative estimate of drug-likeness (QED) is 0.766. The molecule has 1 saturated heterocycles. The first kappa shape index (κ1) is 17.4. The number of nitrogens with one attached hydrogen (secondary N) is 2. The summed E-state index contributed by atoms with van der Waals surface area (Å²) in [6.45, 7) is 7.58. The third-order valence-corrected chi connectivity index (χ3v) is 6.51. The summed E-state index contributed by atoms with van der Waals surface area (Å²) >= 11 is 0. The number of hydrogen-bond acceptors (Lipinski definition) is 4. The van der Waals surface area contributed by atoms with Crippen LogP contribution >= 0.6 is 0 Å². The van der Waals surface area contributed by atoms with E-state index < -0.39 is 14.6 Å². The van der Waals surface area contributed by atoms with Gasteiger partial charge in [0.2, 0.25) is 5.91 Å². The molecule has 1 heterocycles. The van der Waals surface area contributed by atoms with Gasteiger partial charge < -0.3 is 10.6 Å². The average molecular weight is 304 g/mol. The molecule has 0 bridgehead atoms. The van der Waals surface area contributed by atoms with Gasteiger partial charge in [-0.05, 0) is 51.6 Å². The van der Waals surface area contributed by atoms with Gasteiger partial charge in [-0.1, -0.05) is 6.92 Å². The summed E-state index contributed by atoms with van der Waals surface area (Å²) in [6.07, 6.45) is 4.00. The van der Waals surface area contributed by atoms with Gasteiger partial charge in [0.05, 0.1) is 4.75 Å². The molecule has 1 amide bonds. The van der Waals surface area contributed by atoms with Gasteiger partial charge >= 0.3 is 0 Å². The molecule has 0 spiro atoms. The number of carbonyl (C=O) groups is 1. The van der Waals surface area contributed by atoms with E-state index in [0.29, 0.717) is 18.3 Å². The lowest BCUT2D eigenvalue weighted by Gasteiger charge is -2.28. The molecule has 6 heteroatoms. The molecule has 0 saturated carbocycles. The molecule has 0 radical (unpaired) electrons. The molecule has 0 aliphatic carbocycles. The minimum absolute atomic E-state index is 0.0557. The Morgan fingerprint density at radius 2 is 2.10 bits per heavy atom. The molecule has 0 aromatic rings. The SMILES string of the molecule is C[C@@H](CC(=O)NCC(C)(C)S(C)(=O)=O)[C@@H]1CCCNC1. The molecule has 5 nitrogen and oxygen atoms in total. The molecule has 0 unspecified atom stereocenters. The highest BCUT2D eigenvalue weighted by atomic mass is 32.2. The first-order chi connectivity index (χ1) is 9.13. The molecule has 2 N–H and O–H groups in total. The van der Waals surface area contributed by atoms with Gasteiger partial charge in [0, 0.05) is 19.2 Å². The van der Waals surface area contributed by atoms with Crippen LogP contribution < -0.4 is 10.6 Å². The first-order valence-corrected chi connectivity index (χ1v) is 9.19. The molecule has 20 heavy (non-hydrogen) atoms. The average Bonchev–Trinajstić information content (AvgIpc) is 2.36. The van der Waals surface area contributed by atoms with Gasteiger partial charge in [0.25, 0.3) is 0 Å². The van der Waals surface area contributed by atoms with Crippen molar-refractivity contribution < 1.29 is 13.2 Å². The second kappa shape index (κ2) is 6.89. The van der Waals surface area contributed by atoms with Crippen LogP contribution in [0, 0.1) is 11.8 Å². The molecule has 0 aromatic carbocycles. The fourth-order valence-corrected chi connectivity index (χ4v) is 2.67. The number of sulfone groups is 1. The van der Waals surface area contributed by atoms with E-state index in [1.807, 2.05) is 0 Å². The highest BCUT2D eigenvalue weighted by Gasteiger charge is 2.31. The van der Waals surface area contributed by atoms with Crippen molar-refractivity contribution in [2.24, 2.45) is 11.8 Å². The zero-order chi connectivity index (χ0) is 15.4. The maximum absolute atomic E-state index is 11.9. The Bertz CT molecular complexity index is 426. The predicted octanol–water partition coefficient (Wildman–Crippen LogP) is 0.952. The summed E-state index contributed by atoms with van der Waals surface area (Å²) in [4.78, 5) is 11.9. The largest absolute Gasteiger partial charge is 0.355 e. The standard InChI is InChI=1S/C14H28N2O3S/c1-11(12-6-5-7-15-9-12)8-13(17)16-10-14(2,3)20(4,18)19/h11-12,15H,5-10H2,1-4H3,(H,16,17)/t11-,12+/m0/s1. The van der Waals surface area contributed by atoms with E-state index in [0.717, 1.165) is 25.9 Å². The summed E-state index contributed by atoms with van der Waals surface area (Å²) in [5.74, 6) is 0.807. The van der Waals surface area contributed by atoms with Crippen LogP contribution in [0.25, 0.3) is 0 Å². The summed E-state index contributed by atoms with van der Waals surface area (Å²) < 4.78 is 22.2. The number of piperidine rings is 1. The fourth-order valence-electron chi connectivity index (χ4n) is 2.34. The molecule has 1 rings (SSSR count). The van der Waals surface area contributed by atoms with E-state index >= 15 is 0 Å². The highest BCUT2D eigenvalue weighted by molar-refractivity contribution is 7.92. The van der Waals surface area contributed by atoms with Crippen LogP contribution in [0.4, 0.5) is 0 Å². The van der Waals surface area contributed by atoms with E-state index in [1.54, 1.807) is 13.8 Å². The Labute approximate surface area is 122 Å². The van der Waals surface area contributed by atoms with Crippen LogP contribution in [-0.4, -0.2) is 45.0 Å². The smallest absolute Gasteiger partial charge is 0.220 e. The molecule has 1 aliphatic heterocycles. The maximum Gasteiger partial charge on any atom is 0.220 e.